The molecule has 6 heteroatoms. The molecule has 0 radical (unpaired) electrons. The zero-order valence-corrected chi connectivity index (χ0v) is 14.1. The minimum Gasteiger partial charge on any atom is -0.341 e. The standard InChI is InChI=1S/C17H25N5O/c1-4-14-10-18-20-16(14)15-5-7-21(8-6-15)17(23)13(3)22-11-12(2)9-19-22/h9-11,13,15H,4-8H2,1-3H3,(H,18,20). The lowest BCUT2D eigenvalue weighted by Crippen LogP contribution is -2.41. The predicted octanol–water partition coefficient (Wildman–Crippen LogP) is 2.44. The lowest BCUT2D eigenvalue weighted by molar-refractivity contribution is -0.135. The lowest BCUT2D eigenvalue weighted by Gasteiger charge is -2.33. The van der Waals surface area contributed by atoms with E-state index >= 15 is 0 Å². The Morgan fingerprint density at radius 2 is 2.13 bits per heavy atom. The van der Waals surface area contributed by atoms with E-state index in [1.807, 2.05) is 31.1 Å². The van der Waals surface area contributed by atoms with E-state index < -0.39 is 0 Å². The Hall–Kier alpha value is -2.11. The fourth-order valence-corrected chi connectivity index (χ4v) is 3.37. The van der Waals surface area contributed by atoms with Gasteiger partial charge in [0.2, 0.25) is 5.91 Å². The first-order chi connectivity index (χ1) is 11.1. The van der Waals surface area contributed by atoms with Crippen LogP contribution in [0.25, 0.3) is 0 Å². The van der Waals surface area contributed by atoms with Gasteiger partial charge in [-0.3, -0.25) is 14.6 Å². The Labute approximate surface area is 136 Å². The molecule has 3 rings (SSSR count). The molecule has 1 aliphatic heterocycles. The number of nitrogens with one attached hydrogen (secondary N) is 1. The van der Waals surface area contributed by atoms with Crippen molar-refractivity contribution in [1.82, 2.24) is 24.9 Å². The molecule has 1 fully saturated rings. The molecule has 2 aromatic rings. The van der Waals surface area contributed by atoms with Crippen LogP contribution in [0.3, 0.4) is 0 Å². The molecule has 0 bridgehead atoms. The van der Waals surface area contributed by atoms with Gasteiger partial charge in [-0.1, -0.05) is 6.92 Å². The van der Waals surface area contributed by atoms with E-state index in [1.165, 1.54) is 11.3 Å². The molecule has 6 nitrogen and oxygen atoms in total. The van der Waals surface area contributed by atoms with Gasteiger partial charge in [-0.2, -0.15) is 10.2 Å². The molecule has 1 amide bonds. The summed E-state index contributed by atoms with van der Waals surface area (Å²) in [5, 5.41) is 11.6. The first-order valence-corrected chi connectivity index (χ1v) is 8.41. The minimum absolute atomic E-state index is 0.159. The Morgan fingerprint density at radius 1 is 1.39 bits per heavy atom. The molecule has 2 aromatic heterocycles. The second-order valence-electron chi connectivity index (χ2n) is 6.44. The zero-order chi connectivity index (χ0) is 16.4. The Kier molecular flexibility index (Phi) is 4.50. The fourth-order valence-electron chi connectivity index (χ4n) is 3.37. The van der Waals surface area contributed by atoms with E-state index in [1.54, 1.807) is 10.9 Å². The van der Waals surface area contributed by atoms with Crippen molar-refractivity contribution in [2.75, 3.05) is 13.1 Å². The number of likely N-dealkylation sites (tertiary alicyclic amines) is 1. The van der Waals surface area contributed by atoms with Gasteiger partial charge < -0.3 is 4.90 Å². The van der Waals surface area contributed by atoms with Gasteiger partial charge in [0.1, 0.15) is 6.04 Å². The fraction of sp³-hybridized carbons (Fsp3) is 0.588. The van der Waals surface area contributed by atoms with Gasteiger partial charge in [-0.15, -0.1) is 0 Å². The highest BCUT2D eigenvalue weighted by molar-refractivity contribution is 5.80. The van der Waals surface area contributed by atoms with Crippen molar-refractivity contribution in [2.45, 2.75) is 52.0 Å². The molecule has 0 saturated carbocycles. The molecule has 0 aliphatic carbocycles. The van der Waals surface area contributed by atoms with E-state index in [-0.39, 0.29) is 11.9 Å². The summed E-state index contributed by atoms with van der Waals surface area (Å²) in [6.07, 6.45) is 8.63. The van der Waals surface area contributed by atoms with Crippen molar-refractivity contribution in [3.8, 4) is 0 Å². The largest absolute Gasteiger partial charge is 0.341 e. The predicted molar refractivity (Wildman–Crippen MR) is 88.2 cm³/mol. The first-order valence-electron chi connectivity index (χ1n) is 8.41. The third-order valence-electron chi connectivity index (χ3n) is 4.83. The van der Waals surface area contributed by atoms with Crippen molar-refractivity contribution in [3.05, 3.63) is 35.4 Å². The maximum atomic E-state index is 12.7. The summed E-state index contributed by atoms with van der Waals surface area (Å²) >= 11 is 0. The van der Waals surface area contributed by atoms with Crippen molar-refractivity contribution in [1.29, 1.82) is 0 Å². The summed E-state index contributed by atoms with van der Waals surface area (Å²) in [5.74, 6) is 0.644. The number of carbonyl (C=O) groups excluding carboxylic acids is 1. The third kappa shape index (κ3) is 3.16. The molecule has 1 aliphatic rings. The van der Waals surface area contributed by atoms with Crippen LogP contribution in [0.4, 0.5) is 0 Å². The average Bonchev–Trinajstić information content (AvgIpc) is 3.22. The van der Waals surface area contributed by atoms with Gasteiger partial charge in [-0.25, -0.2) is 0 Å². The van der Waals surface area contributed by atoms with Crippen molar-refractivity contribution < 1.29 is 4.79 Å². The van der Waals surface area contributed by atoms with E-state index in [4.69, 9.17) is 0 Å². The van der Waals surface area contributed by atoms with Crippen LogP contribution >= 0.6 is 0 Å². The molecule has 1 N–H and O–H groups in total. The number of nitrogens with zero attached hydrogens (tertiary/aromatic N) is 4. The first kappa shape index (κ1) is 15.8. The van der Waals surface area contributed by atoms with Crippen LogP contribution in [-0.4, -0.2) is 43.9 Å². The normalized spacial score (nSPS) is 17.4. The number of H-pyrrole nitrogens is 1. The molecule has 0 aromatic carbocycles. The smallest absolute Gasteiger partial charge is 0.247 e. The van der Waals surface area contributed by atoms with Gasteiger partial charge in [0.25, 0.3) is 0 Å². The van der Waals surface area contributed by atoms with Gasteiger partial charge in [0.05, 0.1) is 12.4 Å². The third-order valence-corrected chi connectivity index (χ3v) is 4.83. The van der Waals surface area contributed by atoms with Crippen molar-refractivity contribution >= 4 is 5.91 Å². The molecular formula is C17H25N5O. The molecule has 23 heavy (non-hydrogen) atoms. The maximum Gasteiger partial charge on any atom is 0.247 e. The highest BCUT2D eigenvalue weighted by Gasteiger charge is 2.29. The second kappa shape index (κ2) is 6.56. The van der Waals surface area contributed by atoms with Gasteiger partial charge >= 0.3 is 0 Å². The number of aryl methyl sites for hydroxylation is 2. The molecule has 1 unspecified atom stereocenters. The summed E-state index contributed by atoms with van der Waals surface area (Å²) in [7, 11) is 0. The highest BCUT2D eigenvalue weighted by Crippen LogP contribution is 2.29. The molecule has 1 atom stereocenters. The molecule has 1 saturated heterocycles. The molecule has 0 spiro atoms. The zero-order valence-electron chi connectivity index (χ0n) is 14.1. The second-order valence-corrected chi connectivity index (χ2v) is 6.44. The van der Waals surface area contributed by atoms with Crippen LogP contribution in [-0.2, 0) is 11.2 Å². The van der Waals surface area contributed by atoms with Gasteiger partial charge in [0, 0.05) is 30.9 Å². The lowest BCUT2D eigenvalue weighted by atomic mass is 9.90. The Balaban J connectivity index is 1.61. The summed E-state index contributed by atoms with van der Waals surface area (Å²) in [6, 6.07) is -0.237. The van der Waals surface area contributed by atoms with Crippen LogP contribution < -0.4 is 0 Å². The number of aromatic nitrogens is 4. The van der Waals surface area contributed by atoms with Crippen molar-refractivity contribution in [3.63, 3.8) is 0 Å². The van der Waals surface area contributed by atoms with Crippen LogP contribution in [0, 0.1) is 6.92 Å². The van der Waals surface area contributed by atoms with Crippen LogP contribution in [0.5, 0.6) is 0 Å². The number of rotatable bonds is 4. The van der Waals surface area contributed by atoms with Crippen molar-refractivity contribution in [2.24, 2.45) is 0 Å². The topological polar surface area (TPSA) is 66.8 Å². The molecular weight excluding hydrogens is 290 g/mol. The number of hydrogen-bond acceptors (Lipinski definition) is 3. The van der Waals surface area contributed by atoms with Crippen LogP contribution in [0.2, 0.25) is 0 Å². The van der Waals surface area contributed by atoms with Gasteiger partial charge in [0.15, 0.2) is 0 Å². The average molecular weight is 315 g/mol. The molecule has 124 valence electrons. The maximum absolute atomic E-state index is 12.7. The van der Waals surface area contributed by atoms with E-state index in [0.29, 0.717) is 5.92 Å². The number of piperidine rings is 1. The van der Waals surface area contributed by atoms with E-state index in [2.05, 4.69) is 22.2 Å². The van der Waals surface area contributed by atoms with E-state index in [0.717, 1.165) is 37.9 Å². The van der Waals surface area contributed by atoms with Crippen LogP contribution in [0.15, 0.2) is 18.6 Å². The van der Waals surface area contributed by atoms with Gasteiger partial charge in [-0.05, 0) is 44.2 Å². The summed E-state index contributed by atoms with van der Waals surface area (Å²) in [5.41, 5.74) is 3.64. The summed E-state index contributed by atoms with van der Waals surface area (Å²) < 4.78 is 1.76. The monoisotopic (exact) mass is 315 g/mol. The Bertz CT molecular complexity index is 666. The van der Waals surface area contributed by atoms with E-state index in [9.17, 15) is 4.79 Å². The number of amides is 1. The number of hydrogen-bond donors (Lipinski definition) is 1. The summed E-state index contributed by atoms with van der Waals surface area (Å²) in [6.45, 7) is 7.67. The number of aromatic amines is 1. The Morgan fingerprint density at radius 3 is 2.74 bits per heavy atom. The van der Waals surface area contributed by atoms with Crippen LogP contribution in [0.1, 0.15) is 55.5 Å². The SMILES string of the molecule is CCc1cn[nH]c1C1CCN(C(=O)C(C)n2cc(C)cn2)CC1. The molecule has 3 heterocycles. The minimum atomic E-state index is -0.237. The number of carbonyl (C=O) groups is 1. The highest BCUT2D eigenvalue weighted by atomic mass is 16.2. The summed E-state index contributed by atoms with van der Waals surface area (Å²) in [4.78, 5) is 14.6. The quantitative estimate of drug-likeness (QED) is 0.942.